The van der Waals surface area contributed by atoms with Crippen LogP contribution in [0, 0.1) is 5.92 Å². The number of piperidine rings is 1. The molecule has 5 heteroatoms. The molecule has 1 N–H and O–H groups in total. The summed E-state index contributed by atoms with van der Waals surface area (Å²) in [6.07, 6.45) is 7.65. The lowest BCUT2D eigenvalue weighted by molar-refractivity contribution is 0.160. The Kier molecular flexibility index (Phi) is 5.21. The molecule has 0 amide bonds. The highest BCUT2D eigenvalue weighted by Crippen LogP contribution is 2.28. The van der Waals surface area contributed by atoms with Crippen molar-refractivity contribution in [3.8, 4) is 16.9 Å². The second kappa shape index (κ2) is 7.92. The van der Waals surface area contributed by atoms with Gasteiger partial charge in [0.2, 0.25) is 0 Å². The topological polar surface area (TPSA) is 58.2 Å². The van der Waals surface area contributed by atoms with Crippen molar-refractivity contribution in [3.05, 3.63) is 59.3 Å². The number of nitrogens with one attached hydrogen (secondary N) is 1. The number of pyridine rings is 2. The Morgan fingerprint density at radius 2 is 2.07 bits per heavy atom. The van der Waals surface area contributed by atoms with E-state index in [9.17, 15) is 4.79 Å². The first kappa shape index (κ1) is 17.7. The van der Waals surface area contributed by atoms with E-state index in [1.54, 1.807) is 18.6 Å². The van der Waals surface area contributed by atoms with Crippen LogP contribution in [-0.2, 0) is 0 Å². The van der Waals surface area contributed by atoms with Crippen LogP contribution in [0.2, 0.25) is 0 Å². The Morgan fingerprint density at radius 1 is 1.22 bits per heavy atom. The van der Waals surface area contributed by atoms with Crippen LogP contribution in [0.3, 0.4) is 0 Å². The number of aromatic nitrogens is 2. The fraction of sp³-hybridized carbons (Fsp3) is 0.364. The number of fused-ring (bicyclic) bond motifs is 1. The second-order valence-corrected chi connectivity index (χ2v) is 7.35. The largest absolute Gasteiger partial charge is 0.492 e. The van der Waals surface area contributed by atoms with E-state index in [1.807, 2.05) is 30.3 Å². The lowest BCUT2D eigenvalue weighted by Gasteiger charge is -2.29. The molecule has 1 aliphatic rings. The molecule has 27 heavy (non-hydrogen) atoms. The van der Waals surface area contributed by atoms with Crippen molar-refractivity contribution in [2.24, 2.45) is 5.92 Å². The number of nitrogens with zero attached hydrogens (tertiary/aromatic N) is 2. The highest BCUT2D eigenvalue weighted by molar-refractivity contribution is 5.95. The van der Waals surface area contributed by atoms with Crippen molar-refractivity contribution >= 4 is 10.8 Å². The second-order valence-electron chi connectivity index (χ2n) is 7.35. The van der Waals surface area contributed by atoms with Crippen molar-refractivity contribution in [2.75, 3.05) is 26.2 Å². The molecule has 5 nitrogen and oxygen atoms in total. The molecule has 0 atom stereocenters. The summed E-state index contributed by atoms with van der Waals surface area (Å²) in [4.78, 5) is 21.4. The minimum Gasteiger partial charge on any atom is -0.492 e. The van der Waals surface area contributed by atoms with Gasteiger partial charge in [0.25, 0.3) is 5.56 Å². The molecule has 0 aliphatic carbocycles. The van der Waals surface area contributed by atoms with Crippen molar-refractivity contribution in [1.82, 2.24) is 14.9 Å². The van der Waals surface area contributed by atoms with E-state index in [-0.39, 0.29) is 5.56 Å². The van der Waals surface area contributed by atoms with Gasteiger partial charge in [-0.3, -0.25) is 14.7 Å². The molecule has 0 spiro atoms. The normalized spacial score (nSPS) is 15.9. The minimum atomic E-state index is -0.120. The van der Waals surface area contributed by atoms with Gasteiger partial charge in [-0.1, -0.05) is 19.1 Å². The molecule has 3 aromatic rings. The third kappa shape index (κ3) is 4.03. The van der Waals surface area contributed by atoms with E-state index in [0.29, 0.717) is 12.0 Å². The lowest BCUT2D eigenvalue weighted by atomic mass is 9.99. The molecule has 2 aromatic heterocycles. The van der Waals surface area contributed by atoms with Crippen LogP contribution in [0.15, 0.2) is 53.7 Å². The lowest BCUT2D eigenvalue weighted by Crippen LogP contribution is -2.35. The van der Waals surface area contributed by atoms with Crippen molar-refractivity contribution in [1.29, 1.82) is 0 Å². The first-order valence-corrected chi connectivity index (χ1v) is 9.62. The summed E-state index contributed by atoms with van der Waals surface area (Å²) >= 11 is 0. The number of ether oxygens (including phenoxy) is 1. The van der Waals surface area contributed by atoms with Gasteiger partial charge in [0.15, 0.2) is 0 Å². The number of benzene rings is 1. The Morgan fingerprint density at radius 3 is 2.93 bits per heavy atom. The molecule has 4 rings (SSSR count). The maximum Gasteiger partial charge on any atom is 0.257 e. The standard InChI is InChI=1S/C22H25N3O2/c1-16-6-9-25(10-7-16)11-12-27-18-4-2-3-17(13-18)20-15-24-22(26)21-14-23-8-5-19(20)21/h2-5,8,13-16H,6-7,9-12H2,1H3,(H,24,26). The molecule has 1 aliphatic heterocycles. The van der Waals surface area contributed by atoms with Crippen molar-refractivity contribution < 1.29 is 4.74 Å². The monoisotopic (exact) mass is 363 g/mol. The van der Waals surface area contributed by atoms with Crippen LogP contribution in [0.4, 0.5) is 0 Å². The molecule has 0 unspecified atom stereocenters. The van der Waals surface area contributed by atoms with Gasteiger partial charge in [0.05, 0.1) is 5.39 Å². The van der Waals surface area contributed by atoms with Gasteiger partial charge in [0.1, 0.15) is 12.4 Å². The van der Waals surface area contributed by atoms with Gasteiger partial charge in [-0.15, -0.1) is 0 Å². The van der Waals surface area contributed by atoms with E-state index >= 15 is 0 Å². The van der Waals surface area contributed by atoms with Crippen LogP contribution < -0.4 is 10.3 Å². The highest BCUT2D eigenvalue weighted by Gasteiger charge is 2.15. The third-order valence-corrected chi connectivity index (χ3v) is 5.40. The summed E-state index contributed by atoms with van der Waals surface area (Å²) in [5.41, 5.74) is 1.87. The highest BCUT2D eigenvalue weighted by atomic mass is 16.5. The molecule has 1 saturated heterocycles. The van der Waals surface area contributed by atoms with Crippen LogP contribution in [-0.4, -0.2) is 41.1 Å². The minimum absolute atomic E-state index is 0.120. The predicted octanol–water partition coefficient (Wildman–Crippen LogP) is 3.70. The fourth-order valence-electron chi connectivity index (χ4n) is 3.67. The van der Waals surface area contributed by atoms with Gasteiger partial charge in [0, 0.05) is 30.7 Å². The van der Waals surface area contributed by atoms with Gasteiger partial charge in [-0.05, 0) is 61.0 Å². The zero-order chi connectivity index (χ0) is 18.6. The van der Waals surface area contributed by atoms with Crippen molar-refractivity contribution in [2.45, 2.75) is 19.8 Å². The first-order valence-electron chi connectivity index (χ1n) is 9.62. The molecule has 0 saturated carbocycles. The average Bonchev–Trinajstić information content (AvgIpc) is 2.70. The summed E-state index contributed by atoms with van der Waals surface area (Å²) < 4.78 is 6.01. The number of aromatic amines is 1. The molecule has 0 bridgehead atoms. The number of hydrogen-bond acceptors (Lipinski definition) is 4. The van der Waals surface area contributed by atoms with Crippen LogP contribution in [0.5, 0.6) is 5.75 Å². The Balaban J connectivity index is 1.48. The van der Waals surface area contributed by atoms with E-state index in [4.69, 9.17) is 4.74 Å². The molecule has 3 heterocycles. The fourth-order valence-corrected chi connectivity index (χ4v) is 3.67. The maximum absolute atomic E-state index is 12.0. The Hall–Kier alpha value is -2.66. The van der Waals surface area contributed by atoms with E-state index in [2.05, 4.69) is 21.8 Å². The van der Waals surface area contributed by atoms with E-state index in [0.717, 1.165) is 34.7 Å². The number of likely N-dealkylation sites (tertiary alicyclic amines) is 1. The van der Waals surface area contributed by atoms with Gasteiger partial charge in [-0.25, -0.2) is 0 Å². The summed E-state index contributed by atoms with van der Waals surface area (Å²) in [5, 5.41) is 1.49. The SMILES string of the molecule is CC1CCN(CCOc2cccc(-c3c[nH]c(=O)c4cnccc34)c2)CC1. The molecule has 0 radical (unpaired) electrons. The smallest absolute Gasteiger partial charge is 0.257 e. The molecule has 1 fully saturated rings. The summed E-state index contributed by atoms with van der Waals surface area (Å²) in [6, 6.07) is 9.92. The number of rotatable bonds is 5. The van der Waals surface area contributed by atoms with Gasteiger partial charge < -0.3 is 9.72 Å². The zero-order valence-corrected chi connectivity index (χ0v) is 15.6. The molecular weight excluding hydrogens is 338 g/mol. The van der Waals surface area contributed by atoms with Crippen molar-refractivity contribution in [3.63, 3.8) is 0 Å². The van der Waals surface area contributed by atoms with Gasteiger partial charge in [-0.2, -0.15) is 0 Å². The third-order valence-electron chi connectivity index (χ3n) is 5.40. The average molecular weight is 363 g/mol. The van der Waals surface area contributed by atoms with E-state index < -0.39 is 0 Å². The number of H-pyrrole nitrogens is 1. The Bertz CT molecular complexity index is 974. The molecule has 1 aromatic carbocycles. The maximum atomic E-state index is 12.0. The Labute approximate surface area is 159 Å². The number of hydrogen-bond donors (Lipinski definition) is 1. The summed E-state index contributed by atoms with van der Waals surface area (Å²) in [6.45, 7) is 6.32. The van der Waals surface area contributed by atoms with Crippen LogP contribution in [0.1, 0.15) is 19.8 Å². The quantitative estimate of drug-likeness (QED) is 0.751. The molecule has 140 valence electrons. The van der Waals surface area contributed by atoms with Crippen LogP contribution in [0.25, 0.3) is 21.9 Å². The summed E-state index contributed by atoms with van der Waals surface area (Å²) in [5.74, 6) is 1.70. The summed E-state index contributed by atoms with van der Waals surface area (Å²) in [7, 11) is 0. The zero-order valence-electron chi connectivity index (χ0n) is 15.6. The first-order chi connectivity index (χ1) is 13.2. The van der Waals surface area contributed by atoms with Gasteiger partial charge >= 0.3 is 0 Å². The van der Waals surface area contributed by atoms with E-state index in [1.165, 1.54) is 25.9 Å². The predicted molar refractivity (Wildman–Crippen MR) is 108 cm³/mol. The molecular formula is C22H25N3O2. The van der Waals surface area contributed by atoms with Crippen LogP contribution >= 0.6 is 0 Å².